The quantitative estimate of drug-likeness (QED) is 0.630. The molecule has 3 rings (SSSR count). The van der Waals surface area contributed by atoms with Gasteiger partial charge in [0.15, 0.2) is 5.69 Å². The van der Waals surface area contributed by atoms with Gasteiger partial charge in [0.05, 0.1) is 23.6 Å². The average Bonchev–Trinajstić information content (AvgIpc) is 2.63. The zero-order valence-electron chi connectivity index (χ0n) is 15.8. The largest absolute Gasteiger partial charge is 0.419 e. The van der Waals surface area contributed by atoms with Crippen molar-refractivity contribution in [2.75, 3.05) is 10.6 Å². The van der Waals surface area contributed by atoms with Gasteiger partial charge in [-0.25, -0.2) is 9.37 Å². The van der Waals surface area contributed by atoms with E-state index in [2.05, 4.69) is 15.6 Å². The van der Waals surface area contributed by atoms with Gasteiger partial charge in [-0.15, -0.1) is 0 Å². The number of pyridine rings is 1. The van der Waals surface area contributed by atoms with Crippen molar-refractivity contribution in [1.29, 1.82) is 5.26 Å². The fourth-order valence-electron chi connectivity index (χ4n) is 3.25. The third-order valence-corrected chi connectivity index (χ3v) is 5.03. The third kappa shape index (κ3) is 4.21. The number of aliphatic hydroxyl groups is 1. The van der Waals surface area contributed by atoms with E-state index in [9.17, 15) is 27.5 Å². The van der Waals surface area contributed by atoms with E-state index in [4.69, 9.17) is 5.26 Å². The number of nitrogens with zero attached hydrogens (tertiary/aromatic N) is 2. The first kappa shape index (κ1) is 21.5. The van der Waals surface area contributed by atoms with E-state index in [-0.39, 0.29) is 11.3 Å². The Morgan fingerprint density at radius 2 is 2.00 bits per heavy atom. The normalized spacial score (nSPS) is 16.2. The van der Waals surface area contributed by atoms with Crippen molar-refractivity contribution in [3.63, 3.8) is 0 Å². The summed E-state index contributed by atoms with van der Waals surface area (Å²) >= 11 is 0. The summed E-state index contributed by atoms with van der Waals surface area (Å²) in [6.45, 7) is 1.42. The number of hydrogen-bond donors (Lipinski definition) is 3. The molecule has 1 amide bonds. The van der Waals surface area contributed by atoms with Crippen molar-refractivity contribution in [2.45, 2.75) is 44.0 Å². The maximum atomic E-state index is 14.1. The summed E-state index contributed by atoms with van der Waals surface area (Å²) in [5.41, 5.74) is -2.93. The first-order valence-corrected chi connectivity index (χ1v) is 9.10. The SMILES string of the molecule is CC(O)c1ccc(NC2(C(=O)Nc3cnc(C#N)c(C(F)(F)F)c3)CCC2)cc1F. The summed E-state index contributed by atoms with van der Waals surface area (Å²) in [5, 5.41) is 23.7. The second-order valence-electron chi connectivity index (χ2n) is 7.16. The maximum absolute atomic E-state index is 14.1. The van der Waals surface area contributed by atoms with Gasteiger partial charge in [-0.05, 0) is 44.4 Å². The highest BCUT2D eigenvalue weighted by molar-refractivity contribution is 6.00. The van der Waals surface area contributed by atoms with Gasteiger partial charge in [-0.3, -0.25) is 4.79 Å². The van der Waals surface area contributed by atoms with Crippen LogP contribution in [-0.4, -0.2) is 21.5 Å². The van der Waals surface area contributed by atoms with E-state index in [0.717, 1.165) is 12.3 Å². The van der Waals surface area contributed by atoms with Crippen LogP contribution < -0.4 is 10.6 Å². The molecule has 1 unspecified atom stereocenters. The van der Waals surface area contributed by atoms with Crippen LogP contribution in [0.15, 0.2) is 30.5 Å². The highest BCUT2D eigenvalue weighted by Gasteiger charge is 2.44. The van der Waals surface area contributed by atoms with Crippen LogP contribution in [0.2, 0.25) is 0 Å². The van der Waals surface area contributed by atoms with E-state index < -0.39 is 40.8 Å². The minimum Gasteiger partial charge on any atom is -0.389 e. The molecule has 1 aliphatic carbocycles. The summed E-state index contributed by atoms with van der Waals surface area (Å²) in [6.07, 6.45) is -3.31. The van der Waals surface area contributed by atoms with Crippen LogP contribution in [0.4, 0.5) is 28.9 Å². The molecule has 10 heteroatoms. The number of halogens is 4. The van der Waals surface area contributed by atoms with E-state index in [0.29, 0.717) is 31.0 Å². The number of aliphatic hydroxyl groups excluding tert-OH is 1. The lowest BCUT2D eigenvalue weighted by Gasteiger charge is -2.41. The Morgan fingerprint density at radius 1 is 1.30 bits per heavy atom. The minimum atomic E-state index is -4.80. The van der Waals surface area contributed by atoms with E-state index >= 15 is 0 Å². The van der Waals surface area contributed by atoms with Gasteiger partial charge in [-0.2, -0.15) is 18.4 Å². The summed E-state index contributed by atoms with van der Waals surface area (Å²) in [5.74, 6) is -1.23. The Kier molecular flexibility index (Phi) is 5.67. The number of hydrogen-bond acceptors (Lipinski definition) is 5. The zero-order valence-corrected chi connectivity index (χ0v) is 15.8. The molecule has 1 aliphatic rings. The highest BCUT2D eigenvalue weighted by Crippen LogP contribution is 2.38. The Balaban J connectivity index is 1.82. The van der Waals surface area contributed by atoms with Gasteiger partial charge in [0.2, 0.25) is 5.91 Å². The lowest BCUT2D eigenvalue weighted by Crippen LogP contribution is -2.54. The van der Waals surface area contributed by atoms with Gasteiger partial charge in [0.1, 0.15) is 17.4 Å². The maximum Gasteiger partial charge on any atom is 0.419 e. The fourth-order valence-corrected chi connectivity index (χ4v) is 3.25. The number of rotatable bonds is 5. The number of benzene rings is 1. The second kappa shape index (κ2) is 7.91. The topological polar surface area (TPSA) is 98.0 Å². The molecule has 2 aromatic rings. The Labute approximate surface area is 169 Å². The smallest absolute Gasteiger partial charge is 0.389 e. The van der Waals surface area contributed by atoms with Crippen LogP contribution >= 0.6 is 0 Å². The van der Waals surface area contributed by atoms with E-state index in [1.54, 1.807) is 0 Å². The van der Waals surface area contributed by atoms with Gasteiger partial charge >= 0.3 is 6.18 Å². The lowest BCUT2D eigenvalue weighted by molar-refractivity contribution is -0.138. The van der Waals surface area contributed by atoms with Crippen molar-refractivity contribution >= 4 is 17.3 Å². The molecule has 1 heterocycles. The van der Waals surface area contributed by atoms with Crippen molar-refractivity contribution in [3.05, 3.63) is 53.1 Å². The summed E-state index contributed by atoms with van der Waals surface area (Å²) in [7, 11) is 0. The monoisotopic (exact) mass is 422 g/mol. The van der Waals surface area contributed by atoms with Gasteiger partial charge in [-0.1, -0.05) is 6.07 Å². The fraction of sp³-hybridized carbons (Fsp3) is 0.350. The number of aromatic nitrogens is 1. The molecule has 30 heavy (non-hydrogen) atoms. The lowest BCUT2D eigenvalue weighted by atomic mass is 9.75. The molecule has 0 aliphatic heterocycles. The molecule has 3 N–H and O–H groups in total. The molecule has 0 radical (unpaired) electrons. The number of carbonyl (C=O) groups is 1. The van der Waals surface area contributed by atoms with Gasteiger partial charge < -0.3 is 15.7 Å². The minimum absolute atomic E-state index is 0.107. The van der Waals surface area contributed by atoms with Gasteiger partial charge in [0, 0.05) is 11.3 Å². The number of nitrogens with one attached hydrogen (secondary N) is 2. The number of alkyl halides is 3. The molecule has 0 bridgehead atoms. The molecule has 158 valence electrons. The first-order valence-electron chi connectivity index (χ1n) is 9.10. The first-order chi connectivity index (χ1) is 14.1. The average molecular weight is 422 g/mol. The molecule has 6 nitrogen and oxygen atoms in total. The molecule has 1 atom stereocenters. The molecule has 0 saturated heterocycles. The summed E-state index contributed by atoms with van der Waals surface area (Å²) in [6, 6.07) is 6.10. The van der Waals surface area contributed by atoms with E-state index in [1.165, 1.54) is 25.1 Å². The Bertz CT molecular complexity index is 1010. The second-order valence-corrected chi connectivity index (χ2v) is 7.16. The Morgan fingerprint density at radius 3 is 2.50 bits per heavy atom. The van der Waals surface area contributed by atoms with Gasteiger partial charge in [0.25, 0.3) is 0 Å². The van der Waals surface area contributed by atoms with Crippen LogP contribution in [-0.2, 0) is 11.0 Å². The molecular formula is C20H18F4N4O2. The third-order valence-electron chi connectivity index (χ3n) is 5.03. The van der Waals surface area contributed by atoms with Crippen molar-refractivity contribution in [1.82, 2.24) is 4.98 Å². The number of amides is 1. The van der Waals surface area contributed by atoms with E-state index in [1.807, 2.05) is 0 Å². The van der Waals surface area contributed by atoms with Crippen LogP contribution in [0, 0.1) is 17.1 Å². The van der Waals surface area contributed by atoms with Crippen LogP contribution in [0.5, 0.6) is 0 Å². The van der Waals surface area contributed by atoms with Crippen LogP contribution in [0.3, 0.4) is 0 Å². The molecule has 1 saturated carbocycles. The number of nitriles is 1. The highest BCUT2D eigenvalue weighted by atomic mass is 19.4. The predicted molar refractivity (Wildman–Crippen MR) is 99.8 cm³/mol. The van der Waals surface area contributed by atoms with Crippen molar-refractivity contribution in [3.8, 4) is 6.07 Å². The summed E-state index contributed by atoms with van der Waals surface area (Å²) in [4.78, 5) is 16.3. The van der Waals surface area contributed by atoms with Crippen molar-refractivity contribution < 1.29 is 27.5 Å². The molecule has 1 fully saturated rings. The standard InChI is InChI=1S/C20H18F4N4O2/c1-11(29)14-4-3-12(8-16(14)21)28-19(5-2-6-19)18(30)27-13-7-15(20(22,23)24)17(9-25)26-10-13/h3-4,7-8,10-11,28-29H,2,5-6H2,1H3,(H,27,30). The van der Waals surface area contributed by atoms with Crippen LogP contribution in [0.25, 0.3) is 0 Å². The molecular weight excluding hydrogens is 404 g/mol. The molecule has 1 aromatic carbocycles. The van der Waals surface area contributed by atoms with Crippen molar-refractivity contribution in [2.24, 2.45) is 0 Å². The number of carbonyl (C=O) groups excluding carboxylic acids is 1. The molecule has 1 aromatic heterocycles. The predicted octanol–water partition coefficient (Wildman–Crippen LogP) is 4.14. The zero-order chi connectivity index (χ0) is 22.1. The summed E-state index contributed by atoms with van der Waals surface area (Å²) < 4.78 is 53.5. The molecule has 0 spiro atoms. The van der Waals surface area contributed by atoms with Crippen LogP contribution in [0.1, 0.15) is 49.1 Å². The Hall–Kier alpha value is -3.19. The number of anilines is 2.